The third-order valence-electron chi connectivity index (χ3n) is 15.0. The largest absolute Gasteiger partial charge is 0.456 e. The molecular formula is C65H38O. The van der Waals surface area contributed by atoms with Crippen LogP contribution in [0.3, 0.4) is 0 Å². The van der Waals surface area contributed by atoms with Gasteiger partial charge in [0.15, 0.2) is 0 Å². The van der Waals surface area contributed by atoms with Crippen molar-refractivity contribution in [1.82, 2.24) is 0 Å². The Morgan fingerprint density at radius 3 is 1.52 bits per heavy atom. The standard InChI is InChI=1S/C65H38O/c1-2-17-46-39(14-1)30-32-58-64(46)55-36-42-29-28-41(35-45(42)38-59(55)65(58)56-25-10-7-18-47(56)48-19-8-11-26-57(48)65)40-15-13-16-43(34-40)62-50-21-3-5-23-52(50)63(53-24-6-4-22-51(53)62)44-31-33-61-54(37-44)49-20-9-12-27-60(49)66-61/h1-38H. The predicted octanol–water partition coefficient (Wildman–Crippen LogP) is 17.5. The van der Waals surface area contributed by atoms with Crippen LogP contribution in [0.4, 0.5) is 0 Å². The summed E-state index contributed by atoms with van der Waals surface area (Å²) in [6, 6.07) is 86.0. The lowest BCUT2D eigenvalue weighted by Gasteiger charge is -2.30. The molecule has 66 heavy (non-hydrogen) atoms. The summed E-state index contributed by atoms with van der Waals surface area (Å²) in [7, 11) is 0. The van der Waals surface area contributed by atoms with E-state index in [-0.39, 0.29) is 0 Å². The Labute approximate surface area is 381 Å². The number of rotatable bonds is 3. The molecule has 1 spiro atoms. The van der Waals surface area contributed by atoms with Crippen molar-refractivity contribution in [1.29, 1.82) is 0 Å². The smallest absolute Gasteiger partial charge is 0.135 e. The van der Waals surface area contributed by atoms with Crippen LogP contribution in [-0.4, -0.2) is 0 Å². The van der Waals surface area contributed by atoms with Crippen molar-refractivity contribution in [3.8, 4) is 55.6 Å². The molecule has 0 radical (unpaired) electrons. The van der Waals surface area contributed by atoms with Gasteiger partial charge in [0.1, 0.15) is 11.2 Å². The second-order valence-corrected chi connectivity index (χ2v) is 18.2. The summed E-state index contributed by atoms with van der Waals surface area (Å²) >= 11 is 0. The van der Waals surface area contributed by atoms with E-state index in [9.17, 15) is 0 Å². The van der Waals surface area contributed by atoms with Gasteiger partial charge in [-0.1, -0.05) is 188 Å². The van der Waals surface area contributed by atoms with Gasteiger partial charge in [0.2, 0.25) is 0 Å². The molecule has 0 unspecified atom stereocenters. The lowest BCUT2D eigenvalue weighted by molar-refractivity contribution is 0.669. The molecule has 1 nitrogen and oxygen atoms in total. The SMILES string of the molecule is c1cc(-c2ccc3cc4c(cc3c2)C2(c3ccccc3-c3ccccc32)c2ccc3ccccc3c2-4)cc(-c2c3ccccc3c(-c3ccc4oc5ccccc5c4c3)c3ccccc23)c1. The van der Waals surface area contributed by atoms with Crippen LogP contribution in [0.2, 0.25) is 0 Å². The molecule has 0 fully saturated rings. The van der Waals surface area contributed by atoms with Gasteiger partial charge in [0.25, 0.3) is 0 Å². The van der Waals surface area contributed by atoms with Crippen LogP contribution in [-0.2, 0) is 5.41 Å². The first kappa shape index (κ1) is 35.9. The van der Waals surface area contributed by atoms with E-state index in [1.807, 2.05) is 6.07 Å². The van der Waals surface area contributed by atoms with Crippen LogP contribution >= 0.6 is 0 Å². The molecule has 0 aliphatic heterocycles. The van der Waals surface area contributed by atoms with E-state index in [0.29, 0.717) is 0 Å². The first-order valence-electron chi connectivity index (χ1n) is 23.0. The first-order valence-corrected chi connectivity index (χ1v) is 23.0. The van der Waals surface area contributed by atoms with Crippen molar-refractivity contribution in [3.05, 3.63) is 253 Å². The third-order valence-corrected chi connectivity index (χ3v) is 15.0. The van der Waals surface area contributed by atoms with Crippen molar-refractivity contribution in [2.45, 2.75) is 5.41 Å². The lowest BCUT2D eigenvalue weighted by Crippen LogP contribution is -2.25. The molecule has 13 aromatic rings. The highest BCUT2D eigenvalue weighted by atomic mass is 16.3. The van der Waals surface area contributed by atoms with Crippen LogP contribution in [0.25, 0.3) is 121 Å². The molecule has 0 saturated heterocycles. The number of hydrogen-bond acceptors (Lipinski definition) is 1. The van der Waals surface area contributed by atoms with E-state index in [1.165, 1.54) is 121 Å². The quantitative estimate of drug-likeness (QED) is 0.162. The van der Waals surface area contributed by atoms with Crippen molar-refractivity contribution in [3.63, 3.8) is 0 Å². The molecular weight excluding hydrogens is 797 g/mol. The van der Waals surface area contributed by atoms with Crippen LogP contribution in [0.1, 0.15) is 22.3 Å². The van der Waals surface area contributed by atoms with Crippen LogP contribution in [0.15, 0.2) is 235 Å². The summed E-state index contributed by atoms with van der Waals surface area (Å²) in [4.78, 5) is 0. The number of hydrogen-bond donors (Lipinski definition) is 0. The Kier molecular flexibility index (Phi) is 7.21. The fourth-order valence-corrected chi connectivity index (χ4v) is 12.3. The first-order chi connectivity index (χ1) is 32.7. The van der Waals surface area contributed by atoms with Gasteiger partial charge in [0, 0.05) is 10.8 Å². The molecule has 0 atom stereocenters. The highest BCUT2D eigenvalue weighted by Crippen LogP contribution is 2.64. The molecule has 304 valence electrons. The van der Waals surface area contributed by atoms with E-state index in [1.54, 1.807) is 0 Å². The zero-order chi connectivity index (χ0) is 43.1. The maximum Gasteiger partial charge on any atom is 0.135 e. The minimum absolute atomic E-state index is 0.418. The Bertz CT molecular complexity index is 4140. The van der Waals surface area contributed by atoms with Gasteiger partial charge in [-0.2, -0.15) is 0 Å². The van der Waals surface area contributed by atoms with E-state index in [2.05, 4.69) is 224 Å². The number of fused-ring (bicyclic) bond motifs is 18. The summed E-state index contributed by atoms with van der Waals surface area (Å²) in [6.07, 6.45) is 0. The van der Waals surface area contributed by atoms with Crippen molar-refractivity contribution >= 4 is 65.0 Å². The number of benzene rings is 12. The van der Waals surface area contributed by atoms with Crippen molar-refractivity contribution in [2.75, 3.05) is 0 Å². The van der Waals surface area contributed by atoms with Gasteiger partial charge in [-0.15, -0.1) is 0 Å². The Morgan fingerprint density at radius 2 is 0.788 bits per heavy atom. The van der Waals surface area contributed by atoms with Gasteiger partial charge >= 0.3 is 0 Å². The van der Waals surface area contributed by atoms with Gasteiger partial charge in [-0.25, -0.2) is 0 Å². The molecule has 0 bridgehead atoms. The summed E-state index contributed by atoms with van der Waals surface area (Å²) in [6.45, 7) is 0. The third kappa shape index (κ3) is 4.74. The molecule has 12 aromatic carbocycles. The Balaban J connectivity index is 0.921. The summed E-state index contributed by atoms with van der Waals surface area (Å²) < 4.78 is 6.26. The summed E-state index contributed by atoms with van der Waals surface area (Å²) in [5.41, 5.74) is 19.5. The van der Waals surface area contributed by atoms with Gasteiger partial charge in [0.05, 0.1) is 5.41 Å². The van der Waals surface area contributed by atoms with Gasteiger partial charge < -0.3 is 4.42 Å². The second-order valence-electron chi connectivity index (χ2n) is 18.2. The highest BCUT2D eigenvalue weighted by Gasteiger charge is 2.52. The second kappa shape index (κ2) is 13.3. The summed E-state index contributed by atoms with van der Waals surface area (Å²) in [5, 5.41) is 12.3. The van der Waals surface area contributed by atoms with Crippen molar-refractivity contribution < 1.29 is 4.42 Å². The van der Waals surface area contributed by atoms with E-state index >= 15 is 0 Å². The van der Waals surface area contributed by atoms with E-state index < -0.39 is 5.41 Å². The van der Waals surface area contributed by atoms with E-state index in [0.717, 1.165) is 21.9 Å². The minimum Gasteiger partial charge on any atom is -0.456 e. The molecule has 1 heterocycles. The molecule has 0 N–H and O–H groups in total. The normalized spacial score (nSPS) is 13.3. The molecule has 0 saturated carbocycles. The zero-order valence-corrected chi connectivity index (χ0v) is 35.8. The highest BCUT2D eigenvalue weighted by molar-refractivity contribution is 6.22. The average molecular weight is 835 g/mol. The van der Waals surface area contributed by atoms with Crippen LogP contribution in [0, 0.1) is 0 Å². The van der Waals surface area contributed by atoms with Gasteiger partial charge in [-0.3, -0.25) is 0 Å². The summed E-state index contributed by atoms with van der Waals surface area (Å²) in [5.74, 6) is 0. The lowest BCUT2D eigenvalue weighted by atomic mass is 9.70. The molecule has 2 aliphatic rings. The van der Waals surface area contributed by atoms with E-state index in [4.69, 9.17) is 4.42 Å². The Hall–Kier alpha value is -8.52. The van der Waals surface area contributed by atoms with Crippen LogP contribution in [0.5, 0.6) is 0 Å². The predicted molar refractivity (Wildman–Crippen MR) is 276 cm³/mol. The molecule has 1 heteroatoms. The minimum atomic E-state index is -0.418. The molecule has 1 aromatic heterocycles. The number of furan rings is 1. The van der Waals surface area contributed by atoms with Crippen LogP contribution < -0.4 is 0 Å². The fraction of sp³-hybridized carbons (Fsp3) is 0.0154. The fourth-order valence-electron chi connectivity index (χ4n) is 12.3. The molecule has 2 aliphatic carbocycles. The Morgan fingerprint density at radius 1 is 0.242 bits per heavy atom. The molecule has 0 amide bonds. The topological polar surface area (TPSA) is 13.1 Å². The monoisotopic (exact) mass is 834 g/mol. The van der Waals surface area contributed by atoms with Gasteiger partial charge in [-0.05, 0) is 163 Å². The average Bonchev–Trinajstić information content (AvgIpc) is 4.00. The maximum atomic E-state index is 6.26. The zero-order valence-electron chi connectivity index (χ0n) is 35.8. The molecule has 15 rings (SSSR count). The van der Waals surface area contributed by atoms with Crippen molar-refractivity contribution in [2.24, 2.45) is 0 Å². The number of para-hydroxylation sites is 1. The maximum absolute atomic E-state index is 6.26.